The van der Waals surface area contributed by atoms with Gasteiger partial charge in [-0.2, -0.15) is 13.2 Å². The van der Waals surface area contributed by atoms with E-state index >= 15 is 0 Å². The van der Waals surface area contributed by atoms with E-state index in [0.717, 1.165) is 6.07 Å². The van der Waals surface area contributed by atoms with Crippen molar-refractivity contribution in [2.24, 2.45) is 0 Å². The molecule has 102 valence electrons. The second-order valence-electron chi connectivity index (χ2n) is 4.05. The lowest BCUT2D eigenvalue weighted by Gasteiger charge is -2.23. The summed E-state index contributed by atoms with van der Waals surface area (Å²) in [6.45, 7) is 0. The van der Waals surface area contributed by atoms with Gasteiger partial charge in [-0.3, -0.25) is 14.9 Å². The number of carbonyl (C=O) groups excluding carboxylic acids is 2. The van der Waals surface area contributed by atoms with Crippen LogP contribution in [0.3, 0.4) is 0 Å². The quantitative estimate of drug-likeness (QED) is 0.797. The Morgan fingerprint density at radius 2 is 2.11 bits per heavy atom. The van der Waals surface area contributed by atoms with Gasteiger partial charge in [-0.1, -0.05) is 0 Å². The fraction of sp³-hybridized carbons (Fsp3) is 0.364. The number of carbonyl (C=O) groups is 2. The number of aromatic nitrogens is 1. The molecule has 1 atom stereocenters. The molecule has 1 aliphatic heterocycles. The second-order valence-corrected chi connectivity index (χ2v) is 4.05. The maximum atomic E-state index is 12.7. The van der Waals surface area contributed by atoms with Gasteiger partial charge in [-0.25, -0.2) is 4.98 Å². The number of nitrogens with zero attached hydrogens (tertiary/aromatic N) is 1. The third kappa shape index (κ3) is 3.01. The minimum atomic E-state index is -4.56. The molecule has 1 unspecified atom stereocenters. The number of rotatable bonds is 2. The minimum absolute atomic E-state index is 0.0809. The van der Waals surface area contributed by atoms with E-state index in [-0.39, 0.29) is 12.8 Å². The summed E-state index contributed by atoms with van der Waals surface area (Å²) >= 11 is 0. The number of alkyl halides is 3. The normalized spacial score (nSPS) is 20.1. The van der Waals surface area contributed by atoms with Crippen LogP contribution >= 0.6 is 0 Å². The van der Waals surface area contributed by atoms with Gasteiger partial charge >= 0.3 is 6.18 Å². The standard InChI is InChI=1S/C11H10F3N3O2/c12-11(13,14)6-2-1-5-15-9(6)16-7-3-4-8(18)17-10(7)19/h1-2,5,7H,3-4H2,(H,15,16)(H,17,18,19). The Hall–Kier alpha value is -2.12. The zero-order valence-electron chi connectivity index (χ0n) is 9.62. The molecule has 1 aromatic heterocycles. The molecule has 0 aliphatic carbocycles. The first kappa shape index (κ1) is 13.3. The maximum Gasteiger partial charge on any atom is 0.419 e. The highest BCUT2D eigenvalue weighted by Gasteiger charge is 2.36. The second kappa shape index (κ2) is 4.87. The zero-order chi connectivity index (χ0) is 14.0. The summed E-state index contributed by atoms with van der Waals surface area (Å²) in [6, 6.07) is 1.15. The summed E-state index contributed by atoms with van der Waals surface area (Å²) in [5.74, 6) is -1.49. The van der Waals surface area contributed by atoms with Crippen molar-refractivity contribution in [3.8, 4) is 0 Å². The van der Waals surface area contributed by atoms with Crippen molar-refractivity contribution in [3.63, 3.8) is 0 Å². The van der Waals surface area contributed by atoms with Gasteiger partial charge in [-0.15, -0.1) is 0 Å². The zero-order valence-corrected chi connectivity index (χ0v) is 9.62. The van der Waals surface area contributed by atoms with E-state index in [1.54, 1.807) is 0 Å². The molecule has 2 rings (SSSR count). The number of hydrogen-bond donors (Lipinski definition) is 2. The highest BCUT2D eigenvalue weighted by Crippen LogP contribution is 2.33. The Balaban J connectivity index is 2.20. The van der Waals surface area contributed by atoms with Crippen LogP contribution in [0.5, 0.6) is 0 Å². The van der Waals surface area contributed by atoms with E-state index in [4.69, 9.17) is 0 Å². The molecule has 1 saturated heterocycles. The number of imide groups is 1. The van der Waals surface area contributed by atoms with Crippen LogP contribution in [0.1, 0.15) is 18.4 Å². The molecule has 8 heteroatoms. The maximum absolute atomic E-state index is 12.7. The van der Waals surface area contributed by atoms with Gasteiger partial charge in [0.25, 0.3) is 0 Å². The van der Waals surface area contributed by atoms with Crippen LogP contribution < -0.4 is 10.6 Å². The first-order chi connectivity index (χ1) is 8.88. The lowest BCUT2D eigenvalue weighted by molar-refractivity contribution is -0.138. The van der Waals surface area contributed by atoms with E-state index in [9.17, 15) is 22.8 Å². The third-order valence-corrected chi connectivity index (χ3v) is 2.66. The Morgan fingerprint density at radius 3 is 2.74 bits per heavy atom. The summed E-state index contributed by atoms with van der Waals surface area (Å²) in [7, 11) is 0. The number of piperidine rings is 1. The molecule has 1 aliphatic rings. The molecule has 2 N–H and O–H groups in total. The fourth-order valence-electron chi connectivity index (χ4n) is 1.75. The third-order valence-electron chi connectivity index (χ3n) is 2.66. The average molecular weight is 273 g/mol. The van der Waals surface area contributed by atoms with Crippen molar-refractivity contribution in [3.05, 3.63) is 23.9 Å². The Labute approximate surface area is 106 Å². The molecule has 1 fully saturated rings. The van der Waals surface area contributed by atoms with Gasteiger partial charge in [-0.05, 0) is 18.6 Å². The average Bonchev–Trinajstić information content (AvgIpc) is 2.32. The predicted octanol–water partition coefficient (Wildman–Crippen LogP) is 1.32. The van der Waals surface area contributed by atoms with Gasteiger partial charge in [0.05, 0.1) is 5.56 Å². The van der Waals surface area contributed by atoms with Gasteiger partial charge in [0.15, 0.2) is 0 Å². The van der Waals surface area contributed by atoms with Crippen LogP contribution in [0.4, 0.5) is 19.0 Å². The van der Waals surface area contributed by atoms with Crippen molar-refractivity contribution >= 4 is 17.6 Å². The largest absolute Gasteiger partial charge is 0.419 e. The number of nitrogens with one attached hydrogen (secondary N) is 2. The summed E-state index contributed by atoms with van der Waals surface area (Å²) in [6.07, 6.45) is -3.14. The molecule has 0 saturated carbocycles. The van der Waals surface area contributed by atoms with Crippen molar-refractivity contribution in [1.82, 2.24) is 10.3 Å². The van der Waals surface area contributed by atoms with E-state index in [1.165, 1.54) is 12.3 Å². The molecule has 2 heterocycles. The molecule has 1 aromatic rings. The molecule has 0 spiro atoms. The van der Waals surface area contributed by atoms with Crippen molar-refractivity contribution in [2.75, 3.05) is 5.32 Å². The van der Waals surface area contributed by atoms with E-state index in [0.29, 0.717) is 0 Å². The molecule has 5 nitrogen and oxygen atoms in total. The van der Waals surface area contributed by atoms with Gasteiger partial charge in [0.2, 0.25) is 11.8 Å². The van der Waals surface area contributed by atoms with Crippen molar-refractivity contribution in [2.45, 2.75) is 25.1 Å². The number of halogens is 3. The first-order valence-electron chi connectivity index (χ1n) is 5.50. The van der Waals surface area contributed by atoms with Crippen molar-refractivity contribution < 1.29 is 22.8 Å². The van der Waals surface area contributed by atoms with Gasteiger partial charge in [0, 0.05) is 12.6 Å². The van der Waals surface area contributed by atoms with Gasteiger partial charge in [0.1, 0.15) is 11.9 Å². The Bertz CT molecular complexity index is 516. The summed E-state index contributed by atoms with van der Waals surface area (Å²) in [4.78, 5) is 26.0. The molecular formula is C11H10F3N3O2. The number of hydrogen-bond acceptors (Lipinski definition) is 4. The highest BCUT2D eigenvalue weighted by molar-refractivity contribution is 6.01. The fourth-order valence-corrected chi connectivity index (χ4v) is 1.75. The predicted molar refractivity (Wildman–Crippen MR) is 59.0 cm³/mol. The summed E-state index contributed by atoms with van der Waals surface area (Å²) in [5.41, 5.74) is -0.945. The number of pyridine rings is 1. The lowest BCUT2D eigenvalue weighted by atomic mass is 10.1. The molecule has 0 radical (unpaired) electrons. The summed E-state index contributed by atoms with van der Waals surface area (Å²) < 4.78 is 38.2. The topological polar surface area (TPSA) is 71.1 Å². The van der Waals surface area contributed by atoms with Gasteiger partial charge < -0.3 is 5.32 Å². The molecular weight excluding hydrogens is 263 g/mol. The highest BCUT2D eigenvalue weighted by atomic mass is 19.4. The Morgan fingerprint density at radius 1 is 1.37 bits per heavy atom. The molecule has 0 bridgehead atoms. The van der Waals surface area contributed by atoms with Crippen LogP contribution in [0.15, 0.2) is 18.3 Å². The Kier molecular flexibility index (Phi) is 3.41. The monoisotopic (exact) mass is 273 g/mol. The number of anilines is 1. The van der Waals surface area contributed by atoms with Crippen LogP contribution in [-0.2, 0) is 15.8 Å². The first-order valence-corrected chi connectivity index (χ1v) is 5.50. The van der Waals surface area contributed by atoms with Crippen molar-refractivity contribution in [1.29, 1.82) is 0 Å². The van der Waals surface area contributed by atoms with Crippen LogP contribution in [0.2, 0.25) is 0 Å². The van der Waals surface area contributed by atoms with Crippen LogP contribution in [0.25, 0.3) is 0 Å². The van der Waals surface area contributed by atoms with E-state index in [1.807, 2.05) is 0 Å². The minimum Gasteiger partial charge on any atom is -0.358 e. The summed E-state index contributed by atoms with van der Waals surface area (Å²) in [5, 5.41) is 4.49. The van der Waals surface area contributed by atoms with E-state index < -0.39 is 35.4 Å². The number of amides is 2. The molecule has 2 amide bonds. The SMILES string of the molecule is O=C1CCC(Nc2ncccc2C(F)(F)F)C(=O)N1. The van der Waals surface area contributed by atoms with Crippen LogP contribution in [-0.4, -0.2) is 22.8 Å². The van der Waals surface area contributed by atoms with E-state index in [2.05, 4.69) is 15.6 Å². The van der Waals surface area contributed by atoms with Crippen LogP contribution in [0, 0.1) is 0 Å². The molecule has 0 aromatic carbocycles. The lowest BCUT2D eigenvalue weighted by Crippen LogP contribution is -2.47. The smallest absolute Gasteiger partial charge is 0.358 e. The molecule has 19 heavy (non-hydrogen) atoms.